The van der Waals surface area contributed by atoms with Crippen LogP contribution in [-0.2, 0) is 4.79 Å². The van der Waals surface area contributed by atoms with Gasteiger partial charge in [-0.15, -0.1) is 0 Å². The van der Waals surface area contributed by atoms with Crippen molar-refractivity contribution in [2.24, 2.45) is 0 Å². The third kappa shape index (κ3) is 3.99. The molecule has 0 aliphatic rings. The van der Waals surface area contributed by atoms with E-state index in [1.165, 1.54) is 6.92 Å². The van der Waals surface area contributed by atoms with Gasteiger partial charge < -0.3 is 10.2 Å². The first-order valence-electron chi connectivity index (χ1n) is 5.40. The first kappa shape index (κ1) is 16.0. The van der Waals surface area contributed by atoms with Crippen LogP contribution in [0.1, 0.15) is 24.3 Å². The lowest BCUT2D eigenvalue weighted by atomic mass is 10.1. The fourth-order valence-electron chi connectivity index (χ4n) is 1.37. The minimum atomic E-state index is -1.43. The Kier molecular flexibility index (Phi) is 5.57. The molecule has 2 atom stereocenters. The molecule has 0 bridgehead atoms. The number of hydrogen-bond acceptors (Lipinski definition) is 8. The number of aromatic nitrogens is 1. The normalized spacial score (nSPS) is 13.3. The number of nitriles is 1. The van der Waals surface area contributed by atoms with Crippen molar-refractivity contribution in [3.8, 4) is 6.07 Å². The van der Waals surface area contributed by atoms with Gasteiger partial charge in [0.25, 0.3) is 0 Å². The highest BCUT2D eigenvalue weighted by atomic mass is 32.2. The summed E-state index contributed by atoms with van der Waals surface area (Å²) in [6.07, 6.45) is -1.63. The first-order valence-corrected chi connectivity index (χ1v) is 6.39. The zero-order valence-electron chi connectivity index (χ0n) is 10.4. The van der Waals surface area contributed by atoms with E-state index in [1.807, 2.05) is 0 Å². The van der Waals surface area contributed by atoms with Crippen LogP contribution in [0.4, 0.5) is 5.69 Å². The van der Waals surface area contributed by atoms with Gasteiger partial charge in [-0.3, -0.25) is 14.9 Å². The van der Waals surface area contributed by atoms with Crippen molar-refractivity contribution in [3.63, 3.8) is 0 Å². The van der Waals surface area contributed by atoms with Gasteiger partial charge in [-0.1, -0.05) is 11.8 Å². The summed E-state index contributed by atoms with van der Waals surface area (Å²) < 4.78 is 0. The average Bonchev–Trinajstić information content (AvgIpc) is 2.42. The molecule has 0 amide bonds. The highest BCUT2D eigenvalue weighted by molar-refractivity contribution is 8.13. The number of nitrogens with zero attached hydrogens (tertiary/aromatic N) is 3. The van der Waals surface area contributed by atoms with Crippen LogP contribution in [0.2, 0.25) is 0 Å². The zero-order valence-corrected chi connectivity index (χ0v) is 11.2. The molecule has 0 aliphatic carbocycles. The quantitative estimate of drug-likeness (QED) is 0.593. The van der Waals surface area contributed by atoms with E-state index >= 15 is 0 Å². The molecule has 1 aromatic rings. The third-order valence-electron chi connectivity index (χ3n) is 2.35. The van der Waals surface area contributed by atoms with Gasteiger partial charge >= 0.3 is 5.69 Å². The second-order valence-electron chi connectivity index (χ2n) is 3.82. The lowest BCUT2D eigenvalue weighted by Gasteiger charge is -2.16. The molecule has 0 fully saturated rings. The second-order valence-corrected chi connectivity index (χ2v) is 5.02. The minimum absolute atomic E-state index is 0.00681. The van der Waals surface area contributed by atoms with Gasteiger partial charge in [-0.25, -0.2) is 4.98 Å². The molecule has 2 unspecified atom stereocenters. The zero-order chi connectivity index (χ0) is 15.3. The SMILES string of the molecule is CC(=O)SCC(O)C(O)c1cnc(C#N)c([N+](=O)[O-])c1. The fraction of sp³-hybridized carbons (Fsp3) is 0.364. The molecule has 0 aliphatic heterocycles. The third-order valence-corrected chi connectivity index (χ3v) is 3.27. The summed E-state index contributed by atoms with van der Waals surface area (Å²) in [5.41, 5.74) is -0.915. The van der Waals surface area contributed by atoms with E-state index in [1.54, 1.807) is 6.07 Å². The highest BCUT2D eigenvalue weighted by Gasteiger charge is 2.24. The maximum atomic E-state index is 10.8. The van der Waals surface area contributed by atoms with Crippen molar-refractivity contribution in [1.29, 1.82) is 5.26 Å². The lowest BCUT2D eigenvalue weighted by Crippen LogP contribution is -2.21. The number of hydrogen-bond donors (Lipinski definition) is 2. The van der Waals surface area contributed by atoms with Crippen LogP contribution in [-0.4, -0.2) is 37.1 Å². The maximum absolute atomic E-state index is 10.8. The van der Waals surface area contributed by atoms with Gasteiger partial charge in [-0.2, -0.15) is 5.26 Å². The number of rotatable bonds is 5. The largest absolute Gasteiger partial charge is 0.389 e. The number of carbonyl (C=O) groups is 1. The van der Waals surface area contributed by atoms with Crippen LogP contribution in [0.25, 0.3) is 0 Å². The monoisotopic (exact) mass is 297 g/mol. The van der Waals surface area contributed by atoms with Crippen molar-refractivity contribution >= 4 is 22.6 Å². The van der Waals surface area contributed by atoms with Gasteiger partial charge in [0.15, 0.2) is 5.12 Å². The van der Waals surface area contributed by atoms with Crippen molar-refractivity contribution < 1.29 is 19.9 Å². The lowest BCUT2D eigenvalue weighted by molar-refractivity contribution is -0.385. The van der Waals surface area contributed by atoms with E-state index in [2.05, 4.69) is 4.98 Å². The van der Waals surface area contributed by atoms with Gasteiger partial charge in [0, 0.05) is 30.5 Å². The molecule has 8 nitrogen and oxygen atoms in total. The van der Waals surface area contributed by atoms with Crippen molar-refractivity contribution in [2.75, 3.05) is 5.75 Å². The number of thioether (sulfide) groups is 1. The first-order chi connectivity index (χ1) is 9.36. The van der Waals surface area contributed by atoms with Crippen LogP contribution in [0, 0.1) is 21.4 Å². The van der Waals surface area contributed by atoms with Gasteiger partial charge in [0.1, 0.15) is 12.2 Å². The predicted molar refractivity (Wildman–Crippen MR) is 69.7 cm³/mol. The Labute approximate surface area is 118 Å². The molecule has 0 radical (unpaired) electrons. The van der Waals surface area contributed by atoms with E-state index in [0.717, 1.165) is 24.0 Å². The Hall–Kier alpha value is -2.02. The molecule has 0 saturated heterocycles. The summed E-state index contributed by atoms with van der Waals surface area (Å²) in [7, 11) is 0. The molecule has 2 N–H and O–H groups in total. The van der Waals surface area contributed by atoms with E-state index in [-0.39, 0.29) is 22.1 Å². The molecule has 9 heteroatoms. The smallest absolute Gasteiger partial charge is 0.306 e. The van der Waals surface area contributed by atoms with E-state index < -0.39 is 22.8 Å². The second kappa shape index (κ2) is 6.95. The summed E-state index contributed by atoms with van der Waals surface area (Å²) in [4.78, 5) is 24.3. The number of nitro groups is 1. The van der Waals surface area contributed by atoms with Gasteiger partial charge in [0.2, 0.25) is 5.69 Å². The van der Waals surface area contributed by atoms with Gasteiger partial charge in [-0.05, 0) is 0 Å². The molecule has 1 heterocycles. The molecule has 0 saturated carbocycles. The Balaban J connectivity index is 2.96. The summed E-state index contributed by atoms with van der Waals surface area (Å²) in [6.45, 7) is 1.32. The predicted octanol–water partition coefficient (Wildman–Crippen LogP) is 0.535. The fourth-order valence-corrected chi connectivity index (χ4v) is 1.96. The molecule has 1 aromatic heterocycles. The molecule has 20 heavy (non-hydrogen) atoms. The number of aliphatic hydroxyl groups excluding tert-OH is 2. The number of carbonyl (C=O) groups excluding carboxylic acids is 1. The number of pyridine rings is 1. The Morgan fingerprint density at radius 1 is 1.65 bits per heavy atom. The molecule has 106 valence electrons. The Morgan fingerprint density at radius 2 is 2.30 bits per heavy atom. The van der Waals surface area contributed by atoms with Crippen molar-refractivity contribution in [1.82, 2.24) is 4.98 Å². The Morgan fingerprint density at radius 3 is 2.80 bits per heavy atom. The molecule has 0 spiro atoms. The average molecular weight is 297 g/mol. The van der Waals surface area contributed by atoms with Crippen LogP contribution < -0.4 is 0 Å². The van der Waals surface area contributed by atoms with Crippen molar-refractivity contribution in [2.45, 2.75) is 19.1 Å². The summed E-state index contributed by atoms with van der Waals surface area (Å²) >= 11 is 0.825. The highest BCUT2D eigenvalue weighted by Crippen LogP contribution is 2.24. The summed E-state index contributed by atoms with van der Waals surface area (Å²) in [6, 6.07) is 2.55. The van der Waals surface area contributed by atoms with Crippen LogP contribution in [0.5, 0.6) is 0 Å². The van der Waals surface area contributed by atoms with Gasteiger partial charge in [0.05, 0.1) is 11.0 Å². The van der Waals surface area contributed by atoms with Crippen LogP contribution in [0.15, 0.2) is 12.3 Å². The molecular formula is C11H11N3O5S. The van der Waals surface area contributed by atoms with Crippen LogP contribution >= 0.6 is 11.8 Å². The maximum Gasteiger partial charge on any atom is 0.306 e. The molecule has 1 rings (SSSR count). The minimum Gasteiger partial charge on any atom is -0.389 e. The summed E-state index contributed by atoms with van der Waals surface area (Å²) in [5.74, 6) is -0.0513. The Bertz CT molecular complexity index is 572. The summed E-state index contributed by atoms with van der Waals surface area (Å²) in [5, 5.41) is 38.8. The van der Waals surface area contributed by atoms with E-state index in [9.17, 15) is 25.1 Å². The molecular weight excluding hydrogens is 286 g/mol. The number of aliphatic hydroxyl groups is 2. The topological polar surface area (TPSA) is 137 Å². The molecule has 0 aromatic carbocycles. The van der Waals surface area contributed by atoms with E-state index in [0.29, 0.717) is 0 Å². The standard InChI is InChI=1S/C11H11N3O5S/c1-6(15)20-5-10(16)11(17)7-2-9(14(18)19)8(3-12)13-4-7/h2,4,10-11,16-17H,5H2,1H3. The van der Waals surface area contributed by atoms with Crippen molar-refractivity contribution in [3.05, 3.63) is 33.6 Å². The van der Waals surface area contributed by atoms with Crippen LogP contribution in [0.3, 0.4) is 0 Å². The van der Waals surface area contributed by atoms with E-state index in [4.69, 9.17) is 5.26 Å².